The van der Waals surface area contributed by atoms with Crippen LogP contribution < -0.4 is 15.4 Å². The van der Waals surface area contributed by atoms with E-state index in [1.54, 1.807) is 0 Å². The molecule has 2 N–H and O–H groups in total. The molecule has 4 fully saturated rings. The predicted molar refractivity (Wildman–Crippen MR) is 127 cm³/mol. The first-order valence-electron chi connectivity index (χ1n) is 12.4. The van der Waals surface area contributed by atoms with E-state index in [2.05, 4.69) is 44.4 Å². The van der Waals surface area contributed by atoms with E-state index < -0.39 is 0 Å². The lowest BCUT2D eigenvalue weighted by Gasteiger charge is -2.56. The topological polar surface area (TPSA) is 67.4 Å². The van der Waals surface area contributed by atoms with Crippen molar-refractivity contribution in [2.45, 2.75) is 78.1 Å². The first kappa shape index (κ1) is 23.1. The molecule has 176 valence electrons. The molecule has 4 saturated carbocycles. The second kappa shape index (κ2) is 9.07. The molecule has 32 heavy (non-hydrogen) atoms. The lowest BCUT2D eigenvalue weighted by molar-refractivity contribution is -0.129. The summed E-state index contributed by atoms with van der Waals surface area (Å²) in [4.78, 5) is 24.8. The third-order valence-corrected chi connectivity index (χ3v) is 7.77. The summed E-state index contributed by atoms with van der Waals surface area (Å²) in [5.74, 6) is 3.32. The molecule has 0 saturated heterocycles. The van der Waals surface area contributed by atoms with Gasteiger partial charge in [0.05, 0.1) is 0 Å². The average Bonchev–Trinajstić information content (AvgIpc) is 2.68. The Morgan fingerprint density at radius 1 is 0.969 bits per heavy atom. The molecule has 0 heterocycles. The molecule has 0 aromatic heterocycles. The molecule has 1 aromatic carbocycles. The van der Waals surface area contributed by atoms with E-state index in [9.17, 15) is 9.59 Å². The fourth-order valence-electron chi connectivity index (χ4n) is 6.86. The first-order chi connectivity index (χ1) is 15.1. The van der Waals surface area contributed by atoms with Gasteiger partial charge in [-0.2, -0.15) is 0 Å². The summed E-state index contributed by atoms with van der Waals surface area (Å²) in [6, 6.07) is 6.06. The Labute approximate surface area is 193 Å². The number of rotatable bonds is 8. The SMILES string of the molecule is Cc1ccc(OCC(=O)NCCNC(=O)CC23CC4CC(CC(C4)C2)C3)c(C(C)(C)C)c1. The number of carbonyl (C=O) groups excluding carboxylic acids is 2. The van der Waals surface area contributed by atoms with Crippen LogP contribution in [0.2, 0.25) is 0 Å². The molecule has 4 aliphatic rings. The summed E-state index contributed by atoms with van der Waals surface area (Å²) in [5.41, 5.74) is 2.48. The number of benzene rings is 1. The van der Waals surface area contributed by atoms with Gasteiger partial charge in [0.15, 0.2) is 6.61 Å². The van der Waals surface area contributed by atoms with Crippen LogP contribution in [0.5, 0.6) is 5.75 Å². The van der Waals surface area contributed by atoms with Crippen molar-refractivity contribution in [2.24, 2.45) is 23.2 Å². The smallest absolute Gasteiger partial charge is 0.258 e. The normalized spacial score (nSPS) is 28.4. The standard InChI is InChI=1S/C27H40N2O3/c1-18-5-6-23(22(9-18)26(2,3)4)32-17-25(31)29-8-7-28-24(30)16-27-13-19-10-20(14-27)12-21(11-19)15-27/h5-6,9,19-21H,7-8,10-17H2,1-4H3,(H,28,30)(H,29,31). The van der Waals surface area contributed by atoms with Crippen LogP contribution in [0, 0.1) is 30.1 Å². The Hall–Kier alpha value is -2.04. The van der Waals surface area contributed by atoms with E-state index in [1.165, 1.54) is 44.1 Å². The molecule has 0 aliphatic heterocycles. The predicted octanol–water partition coefficient (Wildman–Crippen LogP) is 4.51. The van der Waals surface area contributed by atoms with Gasteiger partial charge in [0.25, 0.3) is 5.91 Å². The summed E-state index contributed by atoms with van der Waals surface area (Å²) < 4.78 is 5.82. The van der Waals surface area contributed by atoms with Gasteiger partial charge < -0.3 is 15.4 Å². The van der Waals surface area contributed by atoms with Crippen LogP contribution in [-0.2, 0) is 15.0 Å². The zero-order chi connectivity index (χ0) is 22.9. The van der Waals surface area contributed by atoms with Crippen LogP contribution in [0.1, 0.15) is 76.8 Å². The Morgan fingerprint density at radius 2 is 1.53 bits per heavy atom. The molecule has 0 atom stereocenters. The van der Waals surface area contributed by atoms with Gasteiger partial charge >= 0.3 is 0 Å². The molecule has 0 radical (unpaired) electrons. The fourth-order valence-corrected chi connectivity index (χ4v) is 6.86. The number of ether oxygens (including phenoxy) is 1. The van der Waals surface area contributed by atoms with Crippen LogP contribution in [0.15, 0.2) is 18.2 Å². The Kier molecular flexibility index (Phi) is 6.56. The molecule has 2 amide bonds. The van der Waals surface area contributed by atoms with Gasteiger partial charge in [-0.05, 0) is 85.7 Å². The van der Waals surface area contributed by atoms with Crippen molar-refractivity contribution >= 4 is 11.8 Å². The second-order valence-corrected chi connectivity index (χ2v) is 11.8. The number of amides is 2. The van der Waals surface area contributed by atoms with E-state index in [-0.39, 0.29) is 29.3 Å². The lowest BCUT2D eigenvalue weighted by atomic mass is 9.49. The quantitative estimate of drug-likeness (QED) is 0.585. The molecule has 4 bridgehead atoms. The minimum absolute atomic E-state index is 0.0205. The number of hydrogen-bond acceptors (Lipinski definition) is 3. The highest BCUT2D eigenvalue weighted by molar-refractivity contribution is 5.78. The van der Waals surface area contributed by atoms with Crippen molar-refractivity contribution in [3.63, 3.8) is 0 Å². The number of nitrogens with one attached hydrogen (secondary N) is 2. The molecule has 0 unspecified atom stereocenters. The van der Waals surface area contributed by atoms with E-state index in [0.717, 1.165) is 29.1 Å². The number of carbonyl (C=O) groups is 2. The molecular weight excluding hydrogens is 400 g/mol. The Morgan fingerprint density at radius 3 is 2.09 bits per heavy atom. The van der Waals surface area contributed by atoms with Gasteiger partial charge in [0, 0.05) is 19.5 Å². The van der Waals surface area contributed by atoms with Crippen molar-refractivity contribution in [3.05, 3.63) is 29.3 Å². The summed E-state index contributed by atoms with van der Waals surface area (Å²) in [6.07, 6.45) is 8.59. The zero-order valence-corrected chi connectivity index (χ0v) is 20.3. The van der Waals surface area contributed by atoms with Crippen LogP contribution in [0.3, 0.4) is 0 Å². The molecular formula is C27H40N2O3. The molecule has 0 spiro atoms. The number of aryl methyl sites for hydroxylation is 1. The highest BCUT2D eigenvalue weighted by atomic mass is 16.5. The average molecular weight is 441 g/mol. The van der Waals surface area contributed by atoms with Crippen molar-refractivity contribution in [1.82, 2.24) is 10.6 Å². The largest absolute Gasteiger partial charge is 0.483 e. The molecule has 5 heteroatoms. The van der Waals surface area contributed by atoms with Gasteiger partial charge in [-0.1, -0.05) is 38.5 Å². The zero-order valence-electron chi connectivity index (χ0n) is 20.3. The first-order valence-corrected chi connectivity index (χ1v) is 12.4. The van der Waals surface area contributed by atoms with Gasteiger partial charge in [-0.15, -0.1) is 0 Å². The third-order valence-electron chi connectivity index (χ3n) is 7.77. The maximum absolute atomic E-state index is 12.6. The van der Waals surface area contributed by atoms with Crippen LogP contribution in [-0.4, -0.2) is 31.5 Å². The maximum Gasteiger partial charge on any atom is 0.258 e. The van der Waals surface area contributed by atoms with Gasteiger partial charge in [0.1, 0.15) is 5.75 Å². The van der Waals surface area contributed by atoms with Crippen LogP contribution in [0.25, 0.3) is 0 Å². The van der Waals surface area contributed by atoms with E-state index >= 15 is 0 Å². The molecule has 4 aliphatic carbocycles. The highest BCUT2D eigenvalue weighted by Crippen LogP contribution is 2.61. The van der Waals surface area contributed by atoms with E-state index in [4.69, 9.17) is 4.74 Å². The molecule has 5 rings (SSSR count). The fraction of sp³-hybridized carbons (Fsp3) is 0.704. The third kappa shape index (κ3) is 5.47. The van der Waals surface area contributed by atoms with Gasteiger partial charge in [-0.25, -0.2) is 0 Å². The summed E-state index contributed by atoms with van der Waals surface area (Å²) in [5, 5.41) is 5.89. The summed E-state index contributed by atoms with van der Waals surface area (Å²) in [7, 11) is 0. The van der Waals surface area contributed by atoms with E-state index in [0.29, 0.717) is 19.5 Å². The van der Waals surface area contributed by atoms with E-state index in [1.807, 2.05) is 12.1 Å². The molecule has 5 nitrogen and oxygen atoms in total. The van der Waals surface area contributed by atoms with Crippen molar-refractivity contribution < 1.29 is 14.3 Å². The minimum Gasteiger partial charge on any atom is -0.483 e. The van der Waals surface area contributed by atoms with Crippen molar-refractivity contribution in [1.29, 1.82) is 0 Å². The molecule has 1 aromatic rings. The maximum atomic E-state index is 12.6. The van der Waals surface area contributed by atoms with Crippen molar-refractivity contribution in [2.75, 3.05) is 19.7 Å². The highest BCUT2D eigenvalue weighted by Gasteiger charge is 2.51. The second-order valence-electron chi connectivity index (χ2n) is 11.8. The number of hydrogen-bond donors (Lipinski definition) is 2. The lowest BCUT2D eigenvalue weighted by Crippen LogP contribution is -2.48. The van der Waals surface area contributed by atoms with Crippen molar-refractivity contribution in [3.8, 4) is 5.75 Å². The van der Waals surface area contributed by atoms with Gasteiger partial charge in [0.2, 0.25) is 5.91 Å². The summed E-state index contributed by atoms with van der Waals surface area (Å²) in [6.45, 7) is 9.35. The summed E-state index contributed by atoms with van der Waals surface area (Å²) >= 11 is 0. The Balaban J connectivity index is 1.17. The minimum atomic E-state index is -0.166. The van der Waals surface area contributed by atoms with Crippen LogP contribution in [0.4, 0.5) is 0 Å². The van der Waals surface area contributed by atoms with Gasteiger partial charge in [-0.3, -0.25) is 9.59 Å². The Bertz CT molecular complexity index is 820. The van der Waals surface area contributed by atoms with Crippen LogP contribution >= 0.6 is 0 Å². The monoisotopic (exact) mass is 440 g/mol.